The number of nitrogens with zero attached hydrogens (tertiary/aromatic N) is 2. The average molecular weight is 378 g/mol. The molecule has 1 heterocycles. The molecule has 0 atom stereocenters. The molecule has 1 aliphatic carbocycles. The number of aromatic nitrogens is 1. The lowest BCUT2D eigenvalue weighted by atomic mass is 10.1. The Bertz CT molecular complexity index is 771. The minimum absolute atomic E-state index is 0.0308. The van der Waals surface area contributed by atoms with Crippen LogP contribution in [0.2, 0.25) is 5.02 Å². The van der Waals surface area contributed by atoms with Crippen molar-refractivity contribution >= 4 is 34.5 Å². The number of rotatable bonds is 4. The molecule has 0 saturated heterocycles. The second-order valence-corrected chi connectivity index (χ2v) is 7.85. The maximum atomic E-state index is 12.3. The molecule has 0 aliphatic heterocycles. The van der Waals surface area contributed by atoms with Crippen molar-refractivity contribution in [1.82, 2.24) is 4.57 Å². The highest BCUT2D eigenvalue weighted by molar-refractivity contribution is 7.07. The van der Waals surface area contributed by atoms with Crippen molar-refractivity contribution < 1.29 is 4.79 Å². The Labute approximate surface area is 157 Å². The van der Waals surface area contributed by atoms with Crippen LogP contribution >= 0.6 is 22.9 Å². The first-order valence-corrected chi connectivity index (χ1v) is 10.1. The number of carbonyl (C=O) groups is 1. The first-order valence-electron chi connectivity index (χ1n) is 8.84. The highest BCUT2D eigenvalue weighted by Gasteiger charge is 2.13. The molecule has 1 aromatic heterocycles. The van der Waals surface area contributed by atoms with Gasteiger partial charge in [0.25, 0.3) is 0 Å². The van der Waals surface area contributed by atoms with E-state index in [4.69, 9.17) is 16.6 Å². The van der Waals surface area contributed by atoms with E-state index in [0.29, 0.717) is 17.5 Å². The van der Waals surface area contributed by atoms with Crippen molar-refractivity contribution in [3.8, 4) is 0 Å². The van der Waals surface area contributed by atoms with Crippen molar-refractivity contribution in [2.24, 2.45) is 12.0 Å². The number of thiazole rings is 1. The second-order valence-electron chi connectivity index (χ2n) is 6.57. The molecule has 1 saturated carbocycles. The lowest BCUT2D eigenvalue weighted by Gasteiger charge is -2.08. The van der Waals surface area contributed by atoms with Gasteiger partial charge >= 0.3 is 0 Å². The SMILES string of the molecule is Cn1c(CC(=O)Nc2ccc(Cl)cc2)csc1=NC1CCCCCC1. The van der Waals surface area contributed by atoms with Gasteiger partial charge in [-0.3, -0.25) is 9.79 Å². The van der Waals surface area contributed by atoms with E-state index in [9.17, 15) is 4.79 Å². The minimum atomic E-state index is -0.0308. The average Bonchev–Trinajstić information content (AvgIpc) is 2.79. The van der Waals surface area contributed by atoms with Gasteiger partial charge in [0.1, 0.15) is 0 Å². The van der Waals surface area contributed by atoms with Gasteiger partial charge in [-0.25, -0.2) is 0 Å². The predicted octanol–water partition coefficient (Wildman–Crippen LogP) is 4.54. The van der Waals surface area contributed by atoms with E-state index in [0.717, 1.165) is 16.2 Å². The summed E-state index contributed by atoms with van der Waals surface area (Å²) < 4.78 is 2.05. The Balaban J connectivity index is 1.66. The molecule has 1 aromatic carbocycles. The van der Waals surface area contributed by atoms with Crippen LogP contribution in [-0.4, -0.2) is 16.5 Å². The highest BCUT2D eigenvalue weighted by Crippen LogP contribution is 2.19. The van der Waals surface area contributed by atoms with Crippen LogP contribution in [0.25, 0.3) is 0 Å². The van der Waals surface area contributed by atoms with Gasteiger partial charge in [-0.05, 0) is 37.1 Å². The number of hydrogen-bond donors (Lipinski definition) is 1. The molecule has 25 heavy (non-hydrogen) atoms. The van der Waals surface area contributed by atoms with E-state index in [1.807, 2.05) is 12.4 Å². The molecule has 2 aromatic rings. The van der Waals surface area contributed by atoms with Crippen LogP contribution in [0, 0.1) is 0 Å². The number of nitrogens with one attached hydrogen (secondary N) is 1. The van der Waals surface area contributed by atoms with Crippen LogP contribution in [0.3, 0.4) is 0 Å². The summed E-state index contributed by atoms with van der Waals surface area (Å²) in [7, 11) is 2.00. The monoisotopic (exact) mass is 377 g/mol. The number of anilines is 1. The van der Waals surface area contributed by atoms with Gasteiger partial charge in [0.2, 0.25) is 5.91 Å². The zero-order valence-corrected chi connectivity index (χ0v) is 16.1. The quantitative estimate of drug-likeness (QED) is 0.781. The second kappa shape index (κ2) is 8.68. The number of hydrogen-bond acceptors (Lipinski definition) is 3. The van der Waals surface area contributed by atoms with Gasteiger partial charge in [-0.1, -0.05) is 37.3 Å². The lowest BCUT2D eigenvalue weighted by Crippen LogP contribution is -2.21. The molecule has 4 nitrogen and oxygen atoms in total. The lowest BCUT2D eigenvalue weighted by molar-refractivity contribution is -0.115. The van der Waals surface area contributed by atoms with Gasteiger partial charge in [0.05, 0.1) is 12.5 Å². The first-order chi connectivity index (χ1) is 12.1. The summed E-state index contributed by atoms with van der Waals surface area (Å²) in [6, 6.07) is 7.58. The van der Waals surface area contributed by atoms with Gasteiger partial charge in [0.15, 0.2) is 4.80 Å². The molecule has 1 aliphatic rings. The van der Waals surface area contributed by atoms with Gasteiger partial charge in [-0.15, -0.1) is 11.3 Å². The van der Waals surface area contributed by atoms with Crippen molar-refractivity contribution in [2.45, 2.75) is 51.0 Å². The summed E-state index contributed by atoms with van der Waals surface area (Å²) in [5.74, 6) is -0.0308. The molecule has 6 heteroatoms. The Kier molecular flexibility index (Phi) is 6.32. The van der Waals surface area contributed by atoms with E-state index < -0.39 is 0 Å². The topological polar surface area (TPSA) is 46.4 Å². The van der Waals surface area contributed by atoms with Crippen LogP contribution in [0.1, 0.15) is 44.2 Å². The van der Waals surface area contributed by atoms with E-state index in [2.05, 4.69) is 9.88 Å². The molecule has 134 valence electrons. The maximum Gasteiger partial charge on any atom is 0.230 e. The third kappa shape index (κ3) is 5.19. The largest absolute Gasteiger partial charge is 0.326 e. The summed E-state index contributed by atoms with van der Waals surface area (Å²) in [4.78, 5) is 18.2. The smallest absolute Gasteiger partial charge is 0.230 e. The zero-order valence-electron chi connectivity index (χ0n) is 14.5. The van der Waals surface area contributed by atoms with E-state index in [1.54, 1.807) is 35.6 Å². The normalized spacial score (nSPS) is 16.6. The molecular weight excluding hydrogens is 354 g/mol. The Morgan fingerprint density at radius 1 is 1.24 bits per heavy atom. The van der Waals surface area contributed by atoms with Crippen molar-refractivity contribution in [3.63, 3.8) is 0 Å². The van der Waals surface area contributed by atoms with Gasteiger partial charge < -0.3 is 9.88 Å². The van der Waals surface area contributed by atoms with Crippen LogP contribution in [0.15, 0.2) is 34.6 Å². The molecule has 0 spiro atoms. The highest BCUT2D eigenvalue weighted by atomic mass is 35.5. The Morgan fingerprint density at radius 3 is 2.60 bits per heavy atom. The van der Waals surface area contributed by atoms with Crippen LogP contribution < -0.4 is 10.1 Å². The summed E-state index contributed by atoms with van der Waals surface area (Å²) in [5.41, 5.74) is 1.75. The molecule has 0 radical (unpaired) electrons. The third-order valence-electron chi connectivity index (χ3n) is 4.61. The number of halogens is 1. The number of benzene rings is 1. The molecule has 1 N–H and O–H groups in total. The van der Waals surface area contributed by atoms with Crippen molar-refractivity contribution in [2.75, 3.05) is 5.32 Å². The fraction of sp³-hybridized carbons (Fsp3) is 0.474. The fourth-order valence-electron chi connectivity index (χ4n) is 3.12. The molecule has 3 rings (SSSR count). The van der Waals surface area contributed by atoms with Crippen molar-refractivity contribution in [3.05, 3.63) is 45.2 Å². The summed E-state index contributed by atoms with van der Waals surface area (Å²) in [6.45, 7) is 0. The van der Waals surface area contributed by atoms with Gasteiger partial charge in [-0.2, -0.15) is 0 Å². The Hall–Kier alpha value is -1.59. The van der Waals surface area contributed by atoms with Crippen LogP contribution in [0.5, 0.6) is 0 Å². The van der Waals surface area contributed by atoms with Crippen LogP contribution in [-0.2, 0) is 18.3 Å². The molecule has 0 unspecified atom stereocenters. The van der Waals surface area contributed by atoms with E-state index in [1.165, 1.54) is 38.5 Å². The summed E-state index contributed by atoms with van der Waals surface area (Å²) >= 11 is 7.49. The fourth-order valence-corrected chi connectivity index (χ4v) is 4.22. The van der Waals surface area contributed by atoms with Gasteiger partial charge in [0, 0.05) is 28.8 Å². The number of amides is 1. The first kappa shape index (κ1) is 18.2. The third-order valence-corrected chi connectivity index (χ3v) is 5.84. The van der Waals surface area contributed by atoms with Crippen LogP contribution in [0.4, 0.5) is 5.69 Å². The molecule has 0 bridgehead atoms. The minimum Gasteiger partial charge on any atom is -0.326 e. The molecular formula is C19H24ClN3OS. The standard InChI is InChI=1S/C19H24ClN3OS/c1-23-17(12-18(24)21-16-10-8-14(20)9-11-16)13-25-19(23)22-15-6-4-2-3-5-7-15/h8-11,13,15H,2-7,12H2,1H3,(H,21,24). The molecule has 1 amide bonds. The Morgan fingerprint density at radius 2 is 1.92 bits per heavy atom. The number of carbonyl (C=O) groups excluding carboxylic acids is 1. The summed E-state index contributed by atoms with van der Waals surface area (Å²) in [6.07, 6.45) is 7.93. The maximum absolute atomic E-state index is 12.3. The molecule has 1 fully saturated rings. The zero-order chi connectivity index (χ0) is 17.6. The summed E-state index contributed by atoms with van der Waals surface area (Å²) in [5, 5.41) is 5.60. The predicted molar refractivity (Wildman–Crippen MR) is 104 cm³/mol. The van der Waals surface area contributed by atoms with Crippen molar-refractivity contribution in [1.29, 1.82) is 0 Å². The van der Waals surface area contributed by atoms with E-state index in [-0.39, 0.29) is 5.91 Å². The van der Waals surface area contributed by atoms with E-state index >= 15 is 0 Å².